The minimum Gasteiger partial charge on any atom is -0.392 e. The summed E-state index contributed by atoms with van der Waals surface area (Å²) in [6, 6.07) is 0. The lowest BCUT2D eigenvalue weighted by atomic mass is 9.62. The van der Waals surface area contributed by atoms with E-state index in [0.29, 0.717) is 23.5 Å². The normalized spacial score (nSPS) is 46.9. The van der Waals surface area contributed by atoms with Crippen molar-refractivity contribution in [2.75, 3.05) is 6.61 Å². The highest BCUT2D eigenvalue weighted by atomic mass is 16.5. The molecule has 0 amide bonds. The standard InChI is InChI=1S/C25H36O4/c1-14(2)8-17-10-16(4)25(29-17)7-6-24(5)12-18-15(3)9-21(28)23(18)19(13-26)20(27)11-22(24)25/h8-9,16-18,20,22,26-27H,6-7,10-13H2,1-5H3/b23-19+/t16-,17-,18+,20+,22+,24+,25-/m0/s1. The smallest absolute Gasteiger partial charge is 0.182 e. The van der Waals surface area contributed by atoms with Crippen LogP contribution in [0, 0.1) is 23.2 Å². The van der Waals surface area contributed by atoms with Crippen LogP contribution in [0.1, 0.15) is 66.7 Å². The van der Waals surface area contributed by atoms with Crippen LogP contribution in [0.2, 0.25) is 0 Å². The van der Waals surface area contributed by atoms with Crippen molar-refractivity contribution in [1.82, 2.24) is 0 Å². The second kappa shape index (κ2) is 7.18. The molecule has 7 atom stereocenters. The van der Waals surface area contributed by atoms with Gasteiger partial charge in [-0.1, -0.05) is 31.1 Å². The molecule has 0 bridgehead atoms. The van der Waals surface area contributed by atoms with Crippen LogP contribution >= 0.6 is 0 Å². The Morgan fingerprint density at radius 2 is 2.03 bits per heavy atom. The van der Waals surface area contributed by atoms with Crippen molar-refractivity contribution in [2.24, 2.45) is 23.2 Å². The van der Waals surface area contributed by atoms with Crippen molar-refractivity contribution in [3.63, 3.8) is 0 Å². The van der Waals surface area contributed by atoms with Gasteiger partial charge in [-0.25, -0.2) is 0 Å². The maximum absolute atomic E-state index is 12.7. The van der Waals surface area contributed by atoms with E-state index in [1.807, 2.05) is 6.92 Å². The molecule has 1 saturated heterocycles. The van der Waals surface area contributed by atoms with Gasteiger partial charge < -0.3 is 14.9 Å². The molecular weight excluding hydrogens is 364 g/mol. The fraction of sp³-hybridized carbons (Fsp3) is 0.720. The van der Waals surface area contributed by atoms with Crippen molar-refractivity contribution in [3.8, 4) is 0 Å². The second-order valence-electron chi connectivity index (χ2n) is 10.6. The van der Waals surface area contributed by atoms with Crippen molar-refractivity contribution >= 4 is 5.78 Å². The highest BCUT2D eigenvalue weighted by molar-refractivity contribution is 6.08. The fourth-order valence-corrected chi connectivity index (χ4v) is 6.98. The van der Waals surface area contributed by atoms with Gasteiger partial charge in [0.25, 0.3) is 0 Å². The maximum atomic E-state index is 12.7. The summed E-state index contributed by atoms with van der Waals surface area (Å²) in [4.78, 5) is 12.7. The third-order valence-corrected chi connectivity index (χ3v) is 8.40. The molecule has 0 aromatic rings. The Morgan fingerprint density at radius 1 is 1.31 bits per heavy atom. The monoisotopic (exact) mass is 400 g/mol. The van der Waals surface area contributed by atoms with Gasteiger partial charge in [-0.15, -0.1) is 0 Å². The van der Waals surface area contributed by atoms with Gasteiger partial charge in [0.1, 0.15) is 0 Å². The van der Waals surface area contributed by atoms with Gasteiger partial charge in [0.05, 0.1) is 24.4 Å². The third-order valence-electron chi connectivity index (χ3n) is 8.40. The van der Waals surface area contributed by atoms with E-state index in [0.717, 1.165) is 31.3 Å². The molecule has 0 unspecified atom stereocenters. The number of aliphatic hydroxyl groups is 2. The van der Waals surface area contributed by atoms with Crippen molar-refractivity contribution in [1.29, 1.82) is 0 Å². The molecule has 2 N–H and O–H groups in total. The summed E-state index contributed by atoms with van der Waals surface area (Å²) < 4.78 is 6.79. The topological polar surface area (TPSA) is 66.8 Å². The van der Waals surface area contributed by atoms with Crippen LogP contribution in [-0.4, -0.2) is 40.4 Å². The molecule has 4 nitrogen and oxygen atoms in total. The Hall–Kier alpha value is -1.23. The first-order valence-corrected chi connectivity index (χ1v) is 11.2. The number of fused-ring (bicyclic) bond motifs is 3. The molecule has 160 valence electrons. The van der Waals surface area contributed by atoms with Gasteiger partial charge in [0.15, 0.2) is 5.78 Å². The number of hydrogen-bond acceptors (Lipinski definition) is 4. The Balaban J connectivity index is 1.75. The van der Waals surface area contributed by atoms with Gasteiger partial charge in [-0.2, -0.15) is 0 Å². The molecule has 0 aromatic heterocycles. The lowest BCUT2D eigenvalue weighted by molar-refractivity contribution is -0.112. The van der Waals surface area contributed by atoms with Crippen LogP contribution in [0.3, 0.4) is 0 Å². The van der Waals surface area contributed by atoms with Gasteiger partial charge in [0.2, 0.25) is 0 Å². The number of carbonyl (C=O) groups excluding carboxylic acids is 1. The molecule has 1 spiro atoms. The maximum Gasteiger partial charge on any atom is 0.182 e. The largest absolute Gasteiger partial charge is 0.392 e. The number of ketones is 1. The number of ether oxygens (including phenoxy) is 1. The number of aliphatic hydroxyl groups excluding tert-OH is 2. The average Bonchev–Trinajstić information content (AvgIpc) is 3.17. The van der Waals surface area contributed by atoms with E-state index >= 15 is 0 Å². The van der Waals surface area contributed by atoms with E-state index < -0.39 is 6.10 Å². The molecule has 1 heterocycles. The first kappa shape index (κ1) is 21.0. The molecule has 0 aromatic carbocycles. The van der Waals surface area contributed by atoms with Crippen LogP contribution in [0.15, 0.2) is 34.4 Å². The quantitative estimate of drug-likeness (QED) is 0.684. The summed E-state index contributed by atoms with van der Waals surface area (Å²) >= 11 is 0. The highest BCUT2D eigenvalue weighted by Gasteiger charge is 2.62. The fourth-order valence-electron chi connectivity index (χ4n) is 6.98. The van der Waals surface area contributed by atoms with E-state index in [1.54, 1.807) is 6.08 Å². The van der Waals surface area contributed by atoms with Crippen LogP contribution in [-0.2, 0) is 9.53 Å². The van der Waals surface area contributed by atoms with Crippen LogP contribution in [0.25, 0.3) is 0 Å². The average molecular weight is 401 g/mol. The number of carbonyl (C=O) groups is 1. The molecule has 4 heteroatoms. The number of rotatable bonds is 2. The van der Waals surface area contributed by atoms with Crippen molar-refractivity contribution in [3.05, 3.63) is 34.4 Å². The SMILES string of the molecule is CC(C)=C[C@H]1C[C@H](C)[C@]2(CC[C@]3(C)C[C@@H]4C(C)=CC(=O)/C4=C(\CO)[C@H](O)C[C@H]32)O1. The minimum atomic E-state index is -0.793. The Labute approximate surface area is 174 Å². The summed E-state index contributed by atoms with van der Waals surface area (Å²) in [7, 11) is 0. The molecule has 3 aliphatic carbocycles. The molecule has 4 rings (SSSR count). The molecule has 29 heavy (non-hydrogen) atoms. The van der Waals surface area contributed by atoms with Crippen molar-refractivity contribution in [2.45, 2.75) is 84.5 Å². The van der Waals surface area contributed by atoms with E-state index in [-0.39, 0.29) is 41.3 Å². The second-order valence-corrected chi connectivity index (χ2v) is 10.6. The van der Waals surface area contributed by atoms with Crippen LogP contribution in [0.5, 0.6) is 0 Å². The predicted molar refractivity (Wildman–Crippen MR) is 113 cm³/mol. The third kappa shape index (κ3) is 3.19. The number of hydrogen-bond donors (Lipinski definition) is 2. The molecular formula is C25H36O4. The summed E-state index contributed by atoms with van der Waals surface area (Å²) in [5.41, 5.74) is 3.30. The lowest BCUT2D eigenvalue weighted by Gasteiger charge is -2.45. The van der Waals surface area contributed by atoms with E-state index in [4.69, 9.17) is 4.74 Å². The summed E-state index contributed by atoms with van der Waals surface area (Å²) in [5.74, 6) is 0.610. The zero-order chi connectivity index (χ0) is 21.1. The van der Waals surface area contributed by atoms with E-state index in [9.17, 15) is 15.0 Å². The predicted octanol–water partition coefficient (Wildman–Crippen LogP) is 4.12. The lowest BCUT2D eigenvalue weighted by Crippen LogP contribution is -2.46. The van der Waals surface area contributed by atoms with Gasteiger partial charge in [-0.3, -0.25) is 4.79 Å². The highest BCUT2D eigenvalue weighted by Crippen LogP contribution is 2.63. The zero-order valence-electron chi connectivity index (χ0n) is 18.5. The first-order valence-electron chi connectivity index (χ1n) is 11.2. The Morgan fingerprint density at radius 3 is 2.69 bits per heavy atom. The van der Waals surface area contributed by atoms with Gasteiger partial charge in [0, 0.05) is 11.5 Å². The van der Waals surface area contributed by atoms with Crippen LogP contribution < -0.4 is 0 Å². The molecule has 0 radical (unpaired) electrons. The molecule has 1 aliphatic heterocycles. The molecule has 4 aliphatic rings. The first-order chi connectivity index (χ1) is 13.6. The van der Waals surface area contributed by atoms with Crippen molar-refractivity contribution < 1.29 is 19.7 Å². The van der Waals surface area contributed by atoms with Gasteiger partial charge >= 0.3 is 0 Å². The summed E-state index contributed by atoms with van der Waals surface area (Å²) in [6.45, 7) is 10.6. The Kier molecular flexibility index (Phi) is 5.20. The molecule has 2 fully saturated rings. The summed E-state index contributed by atoms with van der Waals surface area (Å²) in [6.07, 6.45) is 7.80. The summed E-state index contributed by atoms with van der Waals surface area (Å²) in [5, 5.41) is 21.2. The van der Waals surface area contributed by atoms with E-state index in [1.165, 1.54) is 5.57 Å². The Bertz CT molecular complexity index is 802. The van der Waals surface area contributed by atoms with E-state index in [2.05, 4.69) is 33.8 Å². The van der Waals surface area contributed by atoms with Crippen LogP contribution in [0.4, 0.5) is 0 Å². The zero-order valence-corrected chi connectivity index (χ0v) is 18.5. The van der Waals surface area contributed by atoms with Gasteiger partial charge in [-0.05, 0) is 81.8 Å². The number of allylic oxidation sites excluding steroid dienone is 4. The molecule has 1 saturated carbocycles. The minimum absolute atomic E-state index is 0.00568.